The molecule has 2 heterocycles. The Kier molecular flexibility index (Phi) is 12.3. The Morgan fingerprint density at radius 1 is 1.17 bits per heavy atom. The summed E-state index contributed by atoms with van der Waals surface area (Å²) in [4.78, 5) is 16.5. The van der Waals surface area contributed by atoms with Gasteiger partial charge < -0.3 is 20.3 Å². The maximum atomic E-state index is 12.0. The van der Waals surface area contributed by atoms with Gasteiger partial charge in [0.1, 0.15) is 0 Å². The Balaban J connectivity index is 0.00000242. The highest BCUT2D eigenvalue weighted by atomic mass is 35.5. The third-order valence-corrected chi connectivity index (χ3v) is 4.57. The van der Waals surface area contributed by atoms with Gasteiger partial charge in [0.15, 0.2) is 0 Å². The monoisotopic (exact) mass is 369 g/mol. The lowest BCUT2D eigenvalue weighted by Crippen LogP contribution is -2.41. The van der Waals surface area contributed by atoms with E-state index in [-0.39, 0.29) is 36.8 Å². The molecule has 2 rings (SSSR count). The zero-order chi connectivity index (χ0) is 15.1. The molecule has 5 nitrogen and oxygen atoms in total. The van der Waals surface area contributed by atoms with Crippen LogP contribution in [0.25, 0.3) is 0 Å². The van der Waals surface area contributed by atoms with Crippen molar-refractivity contribution in [1.29, 1.82) is 0 Å². The number of piperidine rings is 1. The molecule has 0 aromatic rings. The van der Waals surface area contributed by atoms with Gasteiger partial charge in [-0.05, 0) is 52.1 Å². The van der Waals surface area contributed by atoms with Gasteiger partial charge in [0.2, 0.25) is 5.91 Å². The second-order valence-electron chi connectivity index (χ2n) is 6.52. The summed E-state index contributed by atoms with van der Waals surface area (Å²) < 4.78 is 5.97. The lowest BCUT2D eigenvalue weighted by Gasteiger charge is -2.32. The molecule has 2 aliphatic heterocycles. The van der Waals surface area contributed by atoms with E-state index in [0.717, 1.165) is 45.5 Å². The fourth-order valence-electron chi connectivity index (χ4n) is 3.14. The van der Waals surface area contributed by atoms with Crippen LogP contribution in [0.4, 0.5) is 0 Å². The normalized spacial score (nSPS) is 20.7. The molecule has 2 aliphatic rings. The molecule has 0 aromatic carbocycles. The minimum absolute atomic E-state index is 0. The maximum absolute atomic E-state index is 12.0. The van der Waals surface area contributed by atoms with E-state index in [0.29, 0.717) is 12.5 Å². The van der Waals surface area contributed by atoms with Gasteiger partial charge >= 0.3 is 0 Å². The predicted molar refractivity (Wildman–Crippen MR) is 98.6 cm³/mol. The first-order valence-corrected chi connectivity index (χ1v) is 8.52. The molecule has 7 heteroatoms. The van der Waals surface area contributed by atoms with Crippen LogP contribution in [-0.4, -0.2) is 67.2 Å². The van der Waals surface area contributed by atoms with E-state index in [1.165, 1.54) is 25.9 Å². The SMILES string of the molecule is CC(N)CCC(=O)N1CCC(OCCN2CCCC2)CC1.Cl.Cl. The second-order valence-corrected chi connectivity index (χ2v) is 6.52. The summed E-state index contributed by atoms with van der Waals surface area (Å²) in [7, 11) is 0. The Morgan fingerprint density at radius 2 is 1.78 bits per heavy atom. The van der Waals surface area contributed by atoms with Crippen molar-refractivity contribution in [3.05, 3.63) is 0 Å². The van der Waals surface area contributed by atoms with E-state index in [1.54, 1.807) is 0 Å². The lowest BCUT2D eigenvalue weighted by molar-refractivity contribution is -0.134. The Morgan fingerprint density at radius 3 is 2.35 bits per heavy atom. The molecule has 1 unspecified atom stereocenters. The van der Waals surface area contributed by atoms with Crippen LogP contribution >= 0.6 is 24.8 Å². The summed E-state index contributed by atoms with van der Waals surface area (Å²) in [5.74, 6) is 0.253. The summed E-state index contributed by atoms with van der Waals surface area (Å²) in [5, 5.41) is 0. The van der Waals surface area contributed by atoms with Crippen molar-refractivity contribution in [2.75, 3.05) is 39.3 Å². The number of amides is 1. The molecule has 0 aliphatic carbocycles. The third-order valence-electron chi connectivity index (χ3n) is 4.57. The number of nitrogens with zero attached hydrogens (tertiary/aromatic N) is 2. The number of hydrogen-bond acceptors (Lipinski definition) is 4. The number of ether oxygens (including phenoxy) is 1. The van der Waals surface area contributed by atoms with Gasteiger partial charge in [-0.15, -0.1) is 24.8 Å². The van der Waals surface area contributed by atoms with Gasteiger partial charge in [0, 0.05) is 32.1 Å². The van der Waals surface area contributed by atoms with Gasteiger partial charge in [-0.25, -0.2) is 0 Å². The average Bonchev–Trinajstić information content (AvgIpc) is 2.99. The van der Waals surface area contributed by atoms with Crippen LogP contribution in [0.1, 0.15) is 45.4 Å². The zero-order valence-corrected chi connectivity index (χ0v) is 15.9. The molecule has 0 aromatic heterocycles. The fraction of sp³-hybridized carbons (Fsp3) is 0.938. The minimum atomic E-state index is 0. The zero-order valence-electron chi connectivity index (χ0n) is 14.2. The molecule has 138 valence electrons. The predicted octanol–water partition coefficient (Wildman–Crippen LogP) is 2.06. The van der Waals surface area contributed by atoms with Crippen LogP contribution in [-0.2, 0) is 9.53 Å². The van der Waals surface area contributed by atoms with E-state index in [1.807, 2.05) is 11.8 Å². The largest absolute Gasteiger partial charge is 0.377 e. The Labute approximate surface area is 153 Å². The van der Waals surface area contributed by atoms with Gasteiger partial charge in [0.25, 0.3) is 0 Å². The molecular formula is C16H33Cl2N3O2. The molecule has 2 N–H and O–H groups in total. The summed E-state index contributed by atoms with van der Waals surface area (Å²) in [6.45, 7) is 7.99. The molecule has 1 amide bonds. The highest BCUT2D eigenvalue weighted by molar-refractivity contribution is 5.85. The van der Waals surface area contributed by atoms with Crippen LogP contribution in [0.3, 0.4) is 0 Å². The third kappa shape index (κ3) is 8.54. The number of hydrogen-bond donors (Lipinski definition) is 1. The fourth-order valence-corrected chi connectivity index (χ4v) is 3.14. The van der Waals surface area contributed by atoms with Crippen molar-refractivity contribution in [3.8, 4) is 0 Å². The summed E-state index contributed by atoms with van der Waals surface area (Å²) in [5.41, 5.74) is 5.70. The van der Waals surface area contributed by atoms with Gasteiger partial charge in [-0.3, -0.25) is 4.79 Å². The van der Waals surface area contributed by atoms with Crippen molar-refractivity contribution in [2.24, 2.45) is 5.73 Å². The van der Waals surface area contributed by atoms with E-state index < -0.39 is 0 Å². The van der Waals surface area contributed by atoms with Crippen LogP contribution < -0.4 is 5.73 Å². The first kappa shape index (κ1) is 22.9. The van der Waals surface area contributed by atoms with Crippen molar-refractivity contribution in [3.63, 3.8) is 0 Å². The maximum Gasteiger partial charge on any atom is 0.222 e. The number of nitrogens with two attached hydrogens (primary N) is 1. The average molecular weight is 370 g/mol. The van der Waals surface area contributed by atoms with Crippen LogP contribution in [0, 0.1) is 0 Å². The smallest absolute Gasteiger partial charge is 0.222 e. The first-order valence-electron chi connectivity index (χ1n) is 8.52. The standard InChI is InChI=1S/C16H31N3O2.2ClH/c1-14(17)4-5-16(20)19-10-6-15(7-11-19)21-13-12-18-8-2-3-9-18;;/h14-15H,2-13,17H2,1H3;2*1H. The number of rotatable bonds is 7. The van der Waals surface area contributed by atoms with Crippen LogP contribution in [0.2, 0.25) is 0 Å². The van der Waals surface area contributed by atoms with E-state index >= 15 is 0 Å². The molecule has 2 saturated heterocycles. The number of likely N-dealkylation sites (tertiary alicyclic amines) is 2. The van der Waals surface area contributed by atoms with Gasteiger partial charge in [-0.2, -0.15) is 0 Å². The molecule has 2 fully saturated rings. The summed E-state index contributed by atoms with van der Waals surface area (Å²) in [6, 6.07) is 0.111. The van der Waals surface area contributed by atoms with Crippen LogP contribution in [0.5, 0.6) is 0 Å². The number of halogens is 2. The Hall–Kier alpha value is -0.0700. The van der Waals surface area contributed by atoms with E-state index in [9.17, 15) is 4.79 Å². The van der Waals surface area contributed by atoms with Crippen molar-refractivity contribution < 1.29 is 9.53 Å². The molecule has 0 saturated carbocycles. The van der Waals surface area contributed by atoms with Crippen molar-refractivity contribution in [2.45, 2.75) is 57.6 Å². The summed E-state index contributed by atoms with van der Waals surface area (Å²) >= 11 is 0. The Bertz CT molecular complexity index is 318. The number of carbonyl (C=O) groups is 1. The summed E-state index contributed by atoms with van der Waals surface area (Å²) in [6.07, 6.45) is 6.33. The molecule has 23 heavy (non-hydrogen) atoms. The van der Waals surface area contributed by atoms with Crippen molar-refractivity contribution in [1.82, 2.24) is 9.80 Å². The topological polar surface area (TPSA) is 58.8 Å². The van der Waals surface area contributed by atoms with E-state index in [4.69, 9.17) is 10.5 Å². The lowest BCUT2D eigenvalue weighted by atomic mass is 10.1. The molecule has 0 radical (unpaired) electrons. The van der Waals surface area contributed by atoms with Gasteiger partial charge in [-0.1, -0.05) is 0 Å². The second kappa shape index (κ2) is 12.3. The molecular weight excluding hydrogens is 337 g/mol. The minimum Gasteiger partial charge on any atom is -0.377 e. The molecule has 0 bridgehead atoms. The van der Waals surface area contributed by atoms with Crippen LogP contribution in [0.15, 0.2) is 0 Å². The van der Waals surface area contributed by atoms with Crippen molar-refractivity contribution >= 4 is 30.7 Å². The molecule has 1 atom stereocenters. The van der Waals surface area contributed by atoms with E-state index in [2.05, 4.69) is 4.90 Å². The number of carbonyl (C=O) groups excluding carboxylic acids is 1. The quantitative estimate of drug-likeness (QED) is 0.745. The highest BCUT2D eigenvalue weighted by Crippen LogP contribution is 2.15. The first-order chi connectivity index (χ1) is 10.1. The van der Waals surface area contributed by atoms with Gasteiger partial charge in [0.05, 0.1) is 12.7 Å². The highest BCUT2D eigenvalue weighted by Gasteiger charge is 2.23. The molecule has 0 spiro atoms.